The Morgan fingerprint density at radius 2 is 2.29 bits per heavy atom. The molecule has 1 aliphatic heterocycles. The van der Waals surface area contributed by atoms with Crippen molar-refractivity contribution in [3.05, 3.63) is 26.2 Å². The number of rotatable bonds is 2. The minimum atomic E-state index is 0.0769. The maximum absolute atomic E-state index is 12.1. The summed E-state index contributed by atoms with van der Waals surface area (Å²) >= 11 is 5.71. The predicted octanol–water partition coefficient (Wildman–Crippen LogP) is 2.85. The third-order valence-corrected chi connectivity index (χ3v) is 5.38. The fraction of sp³-hybridized carbons (Fsp3) is 0.417. The molecule has 1 aromatic carbocycles. The first-order chi connectivity index (χ1) is 8.08. The van der Waals surface area contributed by atoms with Crippen LogP contribution in [0.1, 0.15) is 6.92 Å². The van der Waals surface area contributed by atoms with Crippen LogP contribution in [0.4, 0.5) is 5.69 Å². The largest absolute Gasteiger partial charge is 0.326 e. The Labute approximate surface area is 123 Å². The third kappa shape index (κ3) is 3.20. The minimum absolute atomic E-state index is 0.0769. The molecule has 2 N–H and O–H groups in total. The zero-order chi connectivity index (χ0) is 12.4. The van der Waals surface area contributed by atoms with Crippen molar-refractivity contribution in [1.29, 1.82) is 0 Å². The Balaban J connectivity index is 2.05. The van der Waals surface area contributed by atoms with E-state index in [0.717, 1.165) is 26.8 Å². The average molecular weight is 409 g/mol. The number of carbonyl (C=O) groups is 1. The monoisotopic (exact) mass is 408 g/mol. The minimum Gasteiger partial charge on any atom is -0.326 e. The number of hydrogen-bond acceptors (Lipinski definition) is 2. The van der Waals surface area contributed by atoms with Gasteiger partial charge in [-0.2, -0.15) is 0 Å². The molecule has 0 aromatic heterocycles. The summed E-state index contributed by atoms with van der Waals surface area (Å²) in [5.41, 5.74) is 0.849. The van der Waals surface area contributed by atoms with E-state index in [-0.39, 0.29) is 11.8 Å². The van der Waals surface area contributed by atoms with Gasteiger partial charge in [0, 0.05) is 20.3 Å². The highest BCUT2D eigenvalue weighted by Crippen LogP contribution is 2.24. The standard InChI is InChI=1S/C12H14BrIN2O/c1-7-5-15-6-9(7)12(17)16-8-2-3-11(14)10(13)4-8/h2-4,7,9,15H,5-6H2,1H3,(H,16,17). The SMILES string of the molecule is CC1CNCC1C(=O)Nc1ccc(I)c(Br)c1. The van der Waals surface area contributed by atoms with Crippen LogP contribution in [-0.2, 0) is 4.79 Å². The van der Waals surface area contributed by atoms with E-state index in [4.69, 9.17) is 0 Å². The second-order valence-corrected chi connectivity index (χ2v) is 6.38. The van der Waals surface area contributed by atoms with Gasteiger partial charge in [0.1, 0.15) is 0 Å². The van der Waals surface area contributed by atoms with E-state index >= 15 is 0 Å². The quantitative estimate of drug-likeness (QED) is 0.739. The number of halogens is 2. The van der Waals surface area contributed by atoms with Gasteiger partial charge in [-0.3, -0.25) is 4.79 Å². The van der Waals surface area contributed by atoms with Gasteiger partial charge in [-0.05, 0) is 69.2 Å². The highest BCUT2D eigenvalue weighted by atomic mass is 127. The van der Waals surface area contributed by atoms with Crippen LogP contribution < -0.4 is 10.6 Å². The molecule has 92 valence electrons. The molecule has 1 aromatic rings. The third-order valence-electron chi connectivity index (χ3n) is 3.04. The molecule has 1 aliphatic rings. The van der Waals surface area contributed by atoms with Gasteiger partial charge in [-0.15, -0.1) is 0 Å². The van der Waals surface area contributed by atoms with Gasteiger partial charge in [0.2, 0.25) is 5.91 Å². The van der Waals surface area contributed by atoms with Crippen LogP contribution in [0.15, 0.2) is 22.7 Å². The summed E-state index contributed by atoms with van der Waals surface area (Å²) in [6.45, 7) is 3.81. The lowest BCUT2D eigenvalue weighted by atomic mass is 9.97. The lowest BCUT2D eigenvalue weighted by molar-refractivity contribution is -0.120. The smallest absolute Gasteiger partial charge is 0.229 e. The van der Waals surface area contributed by atoms with Crippen LogP contribution in [0, 0.1) is 15.4 Å². The van der Waals surface area contributed by atoms with Crippen LogP contribution in [-0.4, -0.2) is 19.0 Å². The second kappa shape index (κ2) is 5.67. The molecule has 0 bridgehead atoms. The molecule has 2 rings (SSSR count). The Morgan fingerprint density at radius 3 is 2.88 bits per heavy atom. The van der Waals surface area contributed by atoms with E-state index in [1.807, 2.05) is 18.2 Å². The fourth-order valence-electron chi connectivity index (χ4n) is 1.97. The van der Waals surface area contributed by atoms with Crippen LogP contribution in [0.5, 0.6) is 0 Å². The first-order valence-corrected chi connectivity index (χ1v) is 7.41. The molecule has 2 unspecified atom stereocenters. The lowest BCUT2D eigenvalue weighted by Gasteiger charge is -2.14. The first kappa shape index (κ1) is 13.3. The number of hydrogen-bond donors (Lipinski definition) is 2. The Kier molecular flexibility index (Phi) is 4.43. The highest BCUT2D eigenvalue weighted by molar-refractivity contribution is 14.1. The molecule has 0 spiro atoms. The molecule has 1 saturated heterocycles. The van der Waals surface area contributed by atoms with Crippen molar-refractivity contribution in [2.24, 2.45) is 11.8 Å². The van der Waals surface area contributed by atoms with Crippen molar-refractivity contribution in [1.82, 2.24) is 5.32 Å². The van der Waals surface area contributed by atoms with Crippen LogP contribution in [0.25, 0.3) is 0 Å². The highest BCUT2D eigenvalue weighted by Gasteiger charge is 2.29. The topological polar surface area (TPSA) is 41.1 Å². The average Bonchev–Trinajstić information content (AvgIpc) is 2.70. The molecular formula is C12H14BrIN2O. The molecule has 0 radical (unpaired) electrons. The van der Waals surface area contributed by atoms with Gasteiger partial charge in [-0.25, -0.2) is 0 Å². The summed E-state index contributed by atoms with van der Waals surface area (Å²) in [7, 11) is 0. The molecule has 1 heterocycles. The van der Waals surface area contributed by atoms with Gasteiger partial charge in [0.25, 0.3) is 0 Å². The second-order valence-electron chi connectivity index (χ2n) is 4.36. The van der Waals surface area contributed by atoms with Crippen molar-refractivity contribution < 1.29 is 4.79 Å². The van der Waals surface area contributed by atoms with E-state index in [2.05, 4.69) is 56.1 Å². The zero-order valence-corrected chi connectivity index (χ0v) is 13.2. The molecule has 3 nitrogen and oxygen atoms in total. The summed E-state index contributed by atoms with van der Waals surface area (Å²) < 4.78 is 2.14. The van der Waals surface area contributed by atoms with Gasteiger partial charge in [-0.1, -0.05) is 6.92 Å². The summed E-state index contributed by atoms with van der Waals surface area (Å²) in [6, 6.07) is 5.85. The summed E-state index contributed by atoms with van der Waals surface area (Å²) in [5.74, 6) is 0.589. The normalized spacial score (nSPS) is 23.7. The predicted molar refractivity (Wildman–Crippen MR) is 81.0 cm³/mol. The van der Waals surface area contributed by atoms with Gasteiger partial charge >= 0.3 is 0 Å². The van der Waals surface area contributed by atoms with Gasteiger partial charge in [0.05, 0.1) is 5.92 Å². The van der Waals surface area contributed by atoms with Crippen molar-refractivity contribution in [2.75, 3.05) is 18.4 Å². The van der Waals surface area contributed by atoms with Crippen molar-refractivity contribution in [3.8, 4) is 0 Å². The maximum atomic E-state index is 12.1. The Bertz CT molecular complexity index is 439. The molecule has 2 atom stereocenters. The maximum Gasteiger partial charge on any atom is 0.229 e. The van der Waals surface area contributed by atoms with E-state index < -0.39 is 0 Å². The molecular weight excluding hydrogens is 395 g/mol. The van der Waals surface area contributed by atoms with Crippen LogP contribution in [0.2, 0.25) is 0 Å². The first-order valence-electron chi connectivity index (χ1n) is 5.54. The van der Waals surface area contributed by atoms with Crippen molar-refractivity contribution in [2.45, 2.75) is 6.92 Å². The molecule has 0 aliphatic carbocycles. The number of anilines is 1. The number of benzene rings is 1. The summed E-state index contributed by atoms with van der Waals surface area (Å²) in [4.78, 5) is 12.1. The molecule has 1 amide bonds. The van der Waals surface area contributed by atoms with Crippen LogP contribution in [0.3, 0.4) is 0 Å². The number of nitrogens with one attached hydrogen (secondary N) is 2. The van der Waals surface area contributed by atoms with Crippen molar-refractivity contribution in [3.63, 3.8) is 0 Å². The zero-order valence-electron chi connectivity index (χ0n) is 9.47. The molecule has 5 heteroatoms. The molecule has 1 fully saturated rings. The van der Waals surface area contributed by atoms with E-state index in [1.54, 1.807) is 0 Å². The molecule has 17 heavy (non-hydrogen) atoms. The fourth-order valence-corrected chi connectivity index (χ4v) is 2.68. The lowest BCUT2D eigenvalue weighted by Crippen LogP contribution is -2.27. The van der Waals surface area contributed by atoms with Gasteiger partial charge in [0.15, 0.2) is 0 Å². The van der Waals surface area contributed by atoms with E-state index in [9.17, 15) is 4.79 Å². The number of amides is 1. The van der Waals surface area contributed by atoms with Crippen LogP contribution >= 0.6 is 38.5 Å². The van der Waals surface area contributed by atoms with Gasteiger partial charge < -0.3 is 10.6 Å². The molecule has 0 saturated carbocycles. The van der Waals surface area contributed by atoms with E-state index in [1.165, 1.54) is 0 Å². The summed E-state index contributed by atoms with van der Waals surface area (Å²) in [6.07, 6.45) is 0. The van der Waals surface area contributed by atoms with E-state index in [0.29, 0.717) is 5.92 Å². The Hall–Kier alpha value is -0.140. The summed E-state index contributed by atoms with van der Waals surface area (Å²) in [5, 5.41) is 6.21. The Morgan fingerprint density at radius 1 is 1.53 bits per heavy atom. The number of carbonyl (C=O) groups excluding carboxylic acids is 1. The van der Waals surface area contributed by atoms with Crippen molar-refractivity contribution >= 4 is 50.1 Å².